The van der Waals surface area contributed by atoms with Gasteiger partial charge in [-0.25, -0.2) is 8.42 Å². The fraction of sp³-hybridized carbons (Fsp3) is 0.278. The lowest BCUT2D eigenvalue weighted by Gasteiger charge is -2.34. The lowest BCUT2D eigenvalue weighted by atomic mass is 10.0. The van der Waals surface area contributed by atoms with Crippen molar-refractivity contribution < 1.29 is 22.7 Å². The summed E-state index contributed by atoms with van der Waals surface area (Å²) in [5, 5.41) is 3.26. The summed E-state index contributed by atoms with van der Waals surface area (Å²) in [6, 6.07) is 26.9. The van der Waals surface area contributed by atoms with Crippen LogP contribution in [-0.2, 0) is 32.6 Å². The molecule has 0 heterocycles. The zero-order valence-electron chi connectivity index (χ0n) is 26.8. The van der Waals surface area contributed by atoms with Crippen molar-refractivity contribution in [3.05, 3.63) is 123 Å². The molecular formula is C36H39BrClN3O5S. The quantitative estimate of drug-likeness (QED) is 0.150. The second-order valence-corrected chi connectivity index (χ2v) is 14.8. The average molecular weight is 741 g/mol. The highest BCUT2D eigenvalue weighted by atomic mass is 79.9. The number of hydrogen-bond donors (Lipinski definition) is 1. The molecule has 0 aliphatic heterocycles. The van der Waals surface area contributed by atoms with Gasteiger partial charge in [-0.05, 0) is 66.4 Å². The molecular weight excluding hydrogens is 702 g/mol. The molecule has 248 valence electrons. The maximum absolute atomic E-state index is 14.6. The summed E-state index contributed by atoms with van der Waals surface area (Å²) in [7, 11) is -2.90. The molecule has 0 aromatic heterocycles. The van der Waals surface area contributed by atoms with Crippen LogP contribution in [0.4, 0.5) is 5.69 Å². The number of sulfonamides is 1. The molecule has 4 aromatic carbocycles. The van der Waals surface area contributed by atoms with Gasteiger partial charge in [-0.15, -0.1) is 0 Å². The molecule has 0 radical (unpaired) electrons. The van der Waals surface area contributed by atoms with E-state index < -0.39 is 28.5 Å². The Kier molecular flexibility index (Phi) is 12.5. The number of nitrogens with one attached hydrogen (secondary N) is 1. The third-order valence-corrected chi connectivity index (χ3v) is 10.1. The van der Waals surface area contributed by atoms with E-state index in [0.717, 1.165) is 25.5 Å². The summed E-state index contributed by atoms with van der Waals surface area (Å²) in [5.74, 6) is -0.516. The van der Waals surface area contributed by atoms with Crippen LogP contribution in [0.2, 0.25) is 5.02 Å². The predicted molar refractivity (Wildman–Crippen MR) is 190 cm³/mol. The fourth-order valence-electron chi connectivity index (χ4n) is 4.97. The van der Waals surface area contributed by atoms with E-state index in [9.17, 15) is 18.0 Å². The summed E-state index contributed by atoms with van der Waals surface area (Å²) < 4.78 is 36.0. The fourth-order valence-corrected chi connectivity index (χ4v) is 6.82. The molecule has 0 unspecified atom stereocenters. The maximum Gasteiger partial charge on any atom is 0.264 e. The van der Waals surface area contributed by atoms with Crippen molar-refractivity contribution in [2.24, 2.45) is 5.92 Å². The smallest absolute Gasteiger partial charge is 0.264 e. The molecule has 1 atom stereocenters. The lowest BCUT2D eigenvalue weighted by molar-refractivity contribution is -0.140. The van der Waals surface area contributed by atoms with E-state index in [2.05, 4.69) is 21.2 Å². The normalized spacial score (nSPS) is 12.0. The number of carbonyl (C=O) groups excluding carboxylic acids is 2. The second kappa shape index (κ2) is 16.3. The van der Waals surface area contributed by atoms with E-state index in [4.69, 9.17) is 16.3 Å². The van der Waals surface area contributed by atoms with Crippen LogP contribution in [0, 0.1) is 12.8 Å². The Morgan fingerprint density at radius 2 is 1.57 bits per heavy atom. The second-order valence-electron chi connectivity index (χ2n) is 11.6. The highest BCUT2D eigenvalue weighted by Gasteiger charge is 2.35. The first-order chi connectivity index (χ1) is 22.4. The van der Waals surface area contributed by atoms with Crippen LogP contribution in [0.25, 0.3) is 0 Å². The Morgan fingerprint density at radius 1 is 0.915 bits per heavy atom. The van der Waals surface area contributed by atoms with Crippen LogP contribution in [0.15, 0.2) is 106 Å². The first-order valence-corrected chi connectivity index (χ1v) is 17.8. The van der Waals surface area contributed by atoms with Crippen molar-refractivity contribution in [3.63, 3.8) is 0 Å². The summed E-state index contributed by atoms with van der Waals surface area (Å²) in [6.45, 7) is 5.69. The summed E-state index contributed by atoms with van der Waals surface area (Å²) in [4.78, 5) is 30.0. The Balaban J connectivity index is 1.84. The zero-order chi connectivity index (χ0) is 34.1. The van der Waals surface area contributed by atoms with Gasteiger partial charge in [0.1, 0.15) is 18.3 Å². The van der Waals surface area contributed by atoms with E-state index in [1.54, 1.807) is 24.3 Å². The van der Waals surface area contributed by atoms with Gasteiger partial charge in [0.05, 0.1) is 17.7 Å². The van der Waals surface area contributed by atoms with E-state index in [0.29, 0.717) is 6.54 Å². The minimum Gasteiger partial charge on any atom is -0.495 e. The van der Waals surface area contributed by atoms with E-state index in [1.807, 2.05) is 75.4 Å². The Labute approximate surface area is 290 Å². The van der Waals surface area contributed by atoms with Crippen LogP contribution in [0.3, 0.4) is 0 Å². The number of nitrogens with zero attached hydrogens (tertiary/aromatic N) is 2. The van der Waals surface area contributed by atoms with Crippen LogP contribution < -0.4 is 14.4 Å². The minimum absolute atomic E-state index is 0.00657. The molecule has 2 amide bonds. The van der Waals surface area contributed by atoms with E-state index >= 15 is 0 Å². The van der Waals surface area contributed by atoms with Crippen LogP contribution >= 0.6 is 27.5 Å². The third-order valence-electron chi connectivity index (χ3n) is 7.52. The van der Waals surface area contributed by atoms with Crippen molar-refractivity contribution >= 4 is 55.1 Å². The molecule has 8 nitrogen and oxygen atoms in total. The summed E-state index contributed by atoms with van der Waals surface area (Å²) in [6.07, 6.45) is 0.220. The average Bonchev–Trinajstić information content (AvgIpc) is 3.05. The Hall–Kier alpha value is -3.86. The van der Waals surface area contributed by atoms with Gasteiger partial charge in [-0.1, -0.05) is 102 Å². The number of hydrogen-bond acceptors (Lipinski definition) is 5. The van der Waals surface area contributed by atoms with Crippen LogP contribution in [0.1, 0.15) is 30.5 Å². The van der Waals surface area contributed by atoms with Crippen LogP contribution in [0.5, 0.6) is 5.75 Å². The predicted octanol–water partition coefficient (Wildman–Crippen LogP) is 7.03. The molecule has 0 spiro atoms. The van der Waals surface area contributed by atoms with Gasteiger partial charge in [0.15, 0.2) is 0 Å². The molecule has 11 heteroatoms. The van der Waals surface area contributed by atoms with Crippen molar-refractivity contribution in [2.75, 3.05) is 24.5 Å². The molecule has 1 N–H and O–H groups in total. The number of benzene rings is 4. The third kappa shape index (κ3) is 9.59. The number of carbonyl (C=O) groups is 2. The molecule has 0 aliphatic rings. The largest absolute Gasteiger partial charge is 0.495 e. The number of rotatable bonds is 14. The van der Waals surface area contributed by atoms with Crippen LogP contribution in [-0.4, -0.2) is 51.4 Å². The van der Waals surface area contributed by atoms with Gasteiger partial charge in [-0.3, -0.25) is 13.9 Å². The summed E-state index contributed by atoms with van der Waals surface area (Å²) in [5.41, 5.74) is 2.60. The number of ether oxygens (including phenoxy) is 1. The van der Waals surface area contributed by atoms with Crippen molar-refractivity contribution in [3.8, 4) is 5.75 Å². The maximum atomic E-state index is 14.6. The van der Waals surface area contributed by atoms with Gasteiger partial charge in [0.25, 0.3) is 10.0 Å². The van der Waals surface area contributed by atoms with Gasteiger partial charge in [0, 0.05) is 29.0 Å². The van der Waals surface area contributed by atoms with E-state index in [1.165, 1.54) is 30.2 Å². The standard InChI is InChI=1S/C36H39BrClN3O5S/c1-25(2)22-39-36(43)33(20-27-8-6-5-7-9-27)40(23-28-12-14-29(37)15-13-28)35(42)24-41(32-21-30(38)16-19-34(32)46-4)47(44,45)31-17-10-26(3)11-18-31/h5-19,21,25,33H,20,22-24H2,1-4H3,(H,39,43)/t33-/m1/s1. The first kappa shape index (κ1) is 36.0. The number of halogens is 2. The highest BCUT2D eigenvalue weighted by molar-refractivity contribution is 9.10. The molecule has 0 aliphatic carbocycles. The van der Waals surface area contributed by atoms with Crippen molar-refractivity contribution in [2.45, 2.75) is 44.7 Å². The molecule has 0 bridgehead atoms. The molecule has 0 saturated heterocycles. The zero-order valence-corrected chi connectivity index (χ0v) is 30.0. The van der Waals surface area contributed by atoms with Gasteiger partial charge in [-0.2, -0.15) is 0 Å². The topological polar surface area (TPSA) is 96.0 Å². The van der Waals surface area contributed by atoms with Gasteiger partial charge in [0.2, 0.25) is 11.8 Å². The van der Waals surface area contributed by atoms with Gasteiger partial charge < -0.3 is 15.0 Å². The number of anilines is 1. The Bertz CT molecular complexity index is 1770. The number of methoxy groups -OCH3 is 1. The van der Waals surface area contributed by atoms with E-state index in [-0.39, 0.29) is 46.1 Å². The number of aryl methyl sites for hydroxylation is 1. The monoisotopic (exact) mass is 739 g/mol. The first-order valence-electron chi connectivity index (χ1n) is 15.2. The molecule has 0 saturated carbocycles. The molecule has 4 aromatic rings. The highest BCUT2D eigenvalue weighted by Crippen LogP contribution is 2.35. The number of amides is 2. The SMILES string of the molecule is COc1ccc(Cl)cc1N(CC(=O)N(Cc1ccc(Br)cc1)[C@H](Cc1ccccc1)C(=O)NCC(C)C)S(=O)(=O)c1ccc(C)cc1. The summed E-state index contributed by atoms with van der Waals surface area (Å²) >= 11 is 9.82. The molecule has 0 fully saturated rings. The lowest BCUT2D eigenvalue weighted by Crippen LogP contribution is -2.53. The Morgan fingerprint density at radius 3 is 2.19 bits per heavy atom. The minimum atomic E-state index is -4.31. The van der Waals surface area contributed by atoms with Gasteiger partial charge >= 0.3 is 0 Å². The molecule has 4 rings (SSSR count). The molecule has 47 heavy (non-hydrogen) atoms. The van der Waals surface area contributed by atoms with Crippen molar-refractivity contribution in [1.82, 2.24) is 10.2 Å². The van der Waals surface area contributed by atoms with Crippen molar-refractivity contribution in [1.29, 1.82) is 0 Å².